The Morgan fingerprint density at radius 3 is 2.54 bits per heavy atom. The van der Waals surface area contributed by atoms with E-state index in [1.165, 1.54) is 0 Å². The van der Waals surface area contributed by atoms with Crippen molar-refractivity contribution in [2.75, 3.05) is 6.61 Å². The second kappa shape index (κ2) is 9.49. The van der Waals surface area contributed by atoms with Crippen LogP contribution in [0.15, 0.2) is 25.3 Å². The average Bonchev–Trinajstić information content (AvgIpc) is 2.14. The van der Waals surface area contributed by atoms with Crippen LogP contribution in [0.5, 0.6) is 0 Å². The Bertz CT molecular complexity index is 132. The minimum atomic E-state index is -0.623. The van der Waals surface area contributed by atoms with Crippen LogP contribution in [0.1, 0.15) is 32.1 Å². The van der Waals surface area contributed by atoms with Crippen molar-refractivity contribution < 1.29 is 9.84 Å². The molecule has 0 rings (SSSR count). The molecule has 0 aliphatic rings. The first-order valence-corrected chi connectivity index (χ1v) is 4.82. The van der Waals surface area contributed by atoms with Gasteiger partial charge in [-0.25, -0.2) is 0 Å². The molecule has 13 heavy (non-hydrogen) atoms. The van der Waals surface area contributed by atoms with E-state index in [0.29, 0.717) is 13.0 Å². The Morgan fingerprint density at radius 1 is 1.15 bits per heavy atom. The molecule has 0 aliphatic carbocycles. The van der Waals surface area contributed by atoms with Crippen LogP contribution in [0.3, 0.4) is 0 Å². The lowest BCUT2D eigenvalue weighted by atomic mass is 10.1. The predicted molar refractivity (Wildman–Crippen MR) is 55.4 cm³/mol. The molecule has 2 heteroatoms. The van der Waals surface area contributed by atoms with E-state index in [1.807, 2.05) is 6.08 Å². The zero-order valence-electron chi connectivity index (χ0n) is 8.24. The number of hydrogen-bond acceptors (Lipinski definition) is 2. The second-order valence-electron chi connectivity index (χ2n) is 3.00. The predicted octanol–water partition coefficient (Wildman–Crippen LogP) is 2.64. The maximum absolute atomic E-state index is 9.25. The molecule has 0 aliphatic heterocycles. The fourth-order valence-corrected chi connectivity index (χ4v) is 1.05. The maximum atomic E-state index is 9.25. The molecule has 76 valence electrons. The van der Waals surface area contributed by atoms with Gasteiger partial charge >= 0.3 is 0 Å². The van der Waals surface area contributed by atoms with Gasteiger partial charge in [0, 0.05) is 0 Å². The van der Waals surface area contributed by atoms with Crippen LogP contribution in [0.4, 0.5) is 0 Å². The van der Waals surface area contributed by atoms with Gasteiger partial charge in [-0.15, -0.1) is 13.2 Å². The molecule has 0 aromatic heterocycles. The van der Waals surface area contributed by atoms with Crippen LogP contribution in [0, 0.1) is 0 Å². The summed E-state index contributed by atoms with van der Waals surface area (Å²) in [5.41, 5.74) is 0. The summed E-state index contributed by atoms with van der Waals surface area (Å²) in [6.45, 7) is 7.58. The first kappa shape index (κ1) is 12.4. The normalized spacial score (nSPS) is 12.4. The Kier molecular flexibility index (Phi) is 9.05. The van der Waals surface area contributed by atoms with Gasteiger partial charge in [-0.05, 0) is 25.7 Å². The van der Waals surface area contributed by atoms with Crippen molar-refractivity contribution in [3.05, 3.63) is 25.3 Å². The maximum Gasteiger partial charge on any atom is 0.154 e. The summed E-state index contributed by atoms with van der Waals surface area (Å²) in [5.74, 6) is 0. The summed E-state index contributed by atoms with van der Waals surface area (Å²) in [4.78, 5) is 0. The molecule has 0 amide bonds. The van der Waals surface area contributed by atoms with Crippen LogP contribution in [-0.2, 0) is 4.74 Å². The molecule has 0 fully saturated rings. The zero-order valence-corrected chi connectivity index (χ0v) is 8.24. The first-order valence-electron chi connectivity index (χ1n) is 4.82. The molecule has 1 N–H and O–H groups in total. The van der Waals surface area contributed by atoms with Gasteiger partial charge in [0.05, 0.1) is 6.61 Å². The highest BCUT2D eigenvalue weighted by atomic mass is 16.6. The smallest absolute Gasteiger partial charge is 0.154 e. The van der Waals surface area contributed by atoms with Gasteiger partial charge in [-0.3, -0.25) is 0 Å². The van der Waals surface area contributed by atoms with Gasteiger partial charge in [-0.2, -0.15) is 0 Å². The fourth-order valence-electron chi connectivity index (χ4n) is 1.05. The third-order valence-electron chi connectivity index (χ3n) is 1.77. The van der Waals surface area contributed by atoms with Gasteiger partial charge in [0.1, 0.15) is 0 Å². The van der Waals surface area contributed by atoms with Gasteiger partial charge in [0.15, 0.2) is 6.29 Å². The number of hydrogen-bond donors (Lipinski definition) is 1. The molecule has 0 spiro atoms. The van der Waals surface area contributed by atoms with Crippen LogP contribution in [0.2, 0.25) is 0 Å². The highest BCUT2D eigenvalue weighted by Crippen LogP contribution is 2.06. The molecular weight excluding hydrogens is 164 g/mol. The van der Waals surface area contributed by atoms with E-state index in [-0.39, 0.29) is 0 Å². The summed E-state index contributed by atoms with van der Waals surface area (Å²) in [6.07, 6.45) is 7.99. The van der Waals surface area contributed by atoms with Gasteiger partial charge < -0.3 is 9.84 Å². The number of allylic oxidation sites excluding steroid dienone is 1. The number of aliphatic hydroxyl groups is 1. The molecular formula is C11H20O2. The Hall–Kier alpha value is -0.600. The molecule has 0 aromatic rings. The Morgan fingerprint density at radius 2 is 1.92 bits per heavy atom. The molecule has 0 bridgehead atoms. The SMILES string of the molecule is C=CCCCCCC(O)OCC=C. The number of aliphatic hydroxyl groups excluding tert-OH is 1. The number of rotatable bonds is 9. The van der Waals surface area contributed by atoms with E-state index in [1.54, 1.807) is 6.08 Å². The summed E-state index contributed by atoms with van der Waals surface area (Å²) in [7, 11) is 0. The monoisotopic (exact) mass is 184 g/mol. The van der Waals surface area contributed by atoms with Crippen LogP contribution in [0.25, 0.3) is 0 Å². The number of unbranched alkanes of at least 4 members (excludes halogenated alkanes) is 3. The van der Waals surface area contributed by atoms with Crippen molar-refractivity contribution >= 4 is 0 Å². The van der Waals surface area contributed by atoms with Crippen LogP contribution >= 0.6 is 0 Å². The highest BCUT2D eigenvalue weighted by Gasteiger charge is 2.01. The van der Waals surface area contributed by atoms with Crippen molar-refractivity contribution in [1.29, 1.82) is 0 Å². The van der Waals surface area contributed by atoms with Gasteiger partial charge in [0.2, 0.25) is 0 Å². The summed E-state index contributed by atoms with van der Waals surface area (Å²) < 4.78 is 5.02. The van der Waals surface area contributed by atoms with Crippen LogP contribution < -0.4 is 0 Å². The Balaban J connectivity index is 3.11. The van der Waals surface area contributed by atoms with E-state index in [4.69, 9.17) is 4.74 Å². The molecule has 0 radical (unpaired) electrons. The van der Waals surface area contributed by atoms with E-state index < -0.39 is 6.29 Å². The summed E-state index contributed by atoms with van der Waals surface area (Å²) in [5, 5.41) is 9.25. The van der Waals surface area contributed by atoms with Crippen molar-refractivity contribution in [3.63, 3.8) is 0 Å². The largest absolute Gasteiger partial charge is 0.368 e. The minimum Gasteiger partial charge on any atom is -0.368 e. The average molecular weight is 184 g/mol. The summed E-state index contributed by atoms with van der Waals surface area (Å²) in [6, 6.07) is 0. The molecule has 2 nitrogen and oxygen atoms in total. The molecule has 0 heterocycles. The van der Waals surface area contributed by atoms with E-state index in [9.17, 15) is 5.11 Å². The van der Waals surface area contributed by atoms with Crippen molar-refractivity contribution in [1.82, 2.24) is 0 Å². The third kappa shape index (κ3) is 9.31. The molecule has 0 saturated heterocycles. The molecule has 0 saturated carbocycles. The summed E-state index contributed by atoms with van der Waals surface area (Å²) >= 11 is 0. The molecule has 0 aromatic carbocycles. The zero-order chi connectivity index (χ0) is 9.94. The first-order chi connectivity index (χ1) is 6.31. The fraction of sp³-hybridized carbons (Fsp3) is 0.636. The lowest BCUT2D eigenvalue weighted by Crippen LogP contribution is -2.11. The van der Waals surface area contributed by atoms with Gasteiger partial charge in [-0.1, -0.05) is 18.6 Å². The van der Waals surface area contributed by atoms with E-state index in [0.717, 1.165) is 25.7 Å². The third-order valence-corrected chi connectivity index (χ3v) is 1.77. The van der Waals surface area contributed by atoms with Crippen molar-refractivity contribution in [2.24, 2.45) is 0 Å². The minimum absolute atomic E-state index is 0.424. The topological polar surface area (TPSA) is 29.5 Å². The van der Waals surface area contributed by atoms with Crippen LogP contribution in [-0.4, -0.2) is 18.0 Å². The second-order valence-corrected chi connectivity index (χ2v) is 3.00. The van der Waals surface area contributed by atoms with E-state index >= 15 is 0 Å². The lowest BCUT2D eigenvalue weighted by molar-refractivity contribution is -0.0937. The van der Waals surface area contributed by atoms with Crippen molar-refractivity contribution in [2.45, 2.75) is 38.4 Å². The van der Waals surface area contributed by atoms with E-state index in [2.05, 4.69) is 13.2 Å². The van der Waals surface area contributed by atoms with Crippen molar-refractivity contribution in [3.8, 4) is 0 Å². The molecule has 1 atom stereocenters. The number of ether oxygens (including phenoxy) is 1. The van der Waals surface area contributed by atoms with Gasteiger partial charge in [0.25, 0.3) is 0 Å². The highest BCUT2D eigenvalue weighted by molar-refractivity contribution is 4.66. The Labute approximate surface area is 80.9 Å². The molecule has 1 unspecified atom stereocenters. The quantitative estimate of drug-likeness (QED) is 0.339. The lowest BCUT2D eigenvalue weighted by Gasteiger charge is -2.09. The standard InChI is InChI=1S/C11H20O2/c1-3-5-6-7-8-9-11(12)13-10-4-2/h3-4,11-12H,1-2,5-10H2.